The van der Waals surface area contributed by atoms with Crippen molar-refractivity contribution in [1.82, 2.24) is 4.98 Å². The number of rotatable bonds is 3. The van der Waals surface area contributed by atoms with Crippen molar-refractivity contribution in [2.45, 2.75) is 13.5 Å². The van der Waals surface area contributed by atoms with Crippen molar-refractivity contribution in [3.63, 3.8) is 0 Å². The molecular formula is C13H11Br2FN2. The van der Waals surface area contributed by atoms with Crippen LogP contribution in [0.4, 0.5) is 10.1 Å². The Balaban J connectivity index is 2.09. The van der Waals surface area contributed by atoms with Gasteiger partial charge in [-0.2, -0.15) is 0 Å². The van der Waals surface area contributed by atoms with Crippen LogP contribution >= 0.6 is 31.9 Å². The van der Waals surface area contributed by atoms with E-state index in [1.165, 1.54) is 6.07 Å². The Bertz CT molecular complexity index is 573. The molecule has 0 unspecified atom stereocenters. The van der Waals surface area contributed by atoms with Gasteiger partial charge in [-0.05, 0) is 68.6 Å². The molecular weight excluding hydrogens is 363 g/mol. The smallest absolute Gasteiger partial charge is 0.126 e. The summed E-state index contributed by atoms with van der Waals surface area (Å²) >= 11 is 6.81. The monoisotopic (exact) mass is 372 g/mol. The Hall–Kier alpha value is -0.940. The van der Waals surface area contributed by atoms with Crippen molar-refractivity contribution < 1.29 is 4.39 Å². The molecule has 1 heterocycles. The van der Waals surface area contributed by atoms with E-state index in [0.29, 0.717) is 12.1 Å². The maximum absolute atomic E-state index is 13.1. The molecule has 0 aliphatic carbocycles. The van der Waals surface area contributed by atoms with E-state index in [0.717, 1.165) is 20.3 Å². The molecule has 0 saturated heterocycles. The molecule has 1 aromatic carbocycles. The van der Waals surface area contributed by atoms with E-state index in [2.05, 4.69) is 42.2 Å². The zero-order valence-electron chi connectivity index (χ0n) is 9.67. The first kappa shape index (κ1) is 13.5. The number of aromatic nitrogens is 1. The average Bonchev–Trinajstić information content (AvgIpc) is 2.32. The van der Waals surface area contributed by atoms with Crippen LogP contribution in [0.3, 0.4) is 0 Å². The van der Waals surface area contributed by atoms with Crippen LogP contribution in [-0.2, 0) is 6.54 Å². The van der Waals surface area contributed by atoms with Gasteiger partial charge in [-0.3, -0.25) is 4.98 Å². The molecule has 0 atom stereocenters. The van der Waals surface area contributed by atoms with E-state index in [-0.39, 0.29) is 5.82 Å². The molecule has 0 amide bonds. The van der Waals surface area contributed by atoms with Crippen molar-refractivity contribution in [1.29, 1.82) is 0 Å². The standard InChI is InChI=1S/C13H11Br2FN2/c1-8-4-10(2-3-12(8)16)17-7-13-11(15)5-9(14)6-18-13/h2-6,17H,7H2,1H3. The molecule has 0 aliphatic rings. The molecule has 5 heteroatoms. The Morgan fingerprint density at radius 2 is 2.06 bits per heavy atom. The summed E-state index contributed by atoms with van der Waals surface area (Å²) in [4.78, 5) is 4.30. The number of aryl methyl sites for hydroxylation is 1. The second-order valence-corrected chi connectivity index (χ2v) is 5.67. The third-order valence-electron chi connectivity index (χ3n) is 2.50. The van der Waals surface area contributed by atoms with Crippen LogP contribution in [0.1, 0.15) is 11.3 Å². The van der Waals surface area contributed by atoms with Gasteiger partial charge in [0, 0.05) is 20.8 Å². The number of hydrogen-bond donors (Lipinski definition) is 1. The van der Waals surface area contributed by atoms with Gasteiger partial charge >= 0.3 is 0 Å². The van der Waals surface area contributed by atoms with E-state index in [4.69, 9.17) is 0 Å². The fourth-order valence-electron chi connectivity index (χ4n) is 1.51. The first-order valence-electron chi connectivity index (χ1n) is 5.36. The first-order valence-corrected chi connectivity index (χ1v) is 6.95. The lowest BCUT2D eigenvalue weighted by molar-refractivity contribution is 0.618. The minimum absolute atomic E-state index is 0.191. The number of halogens is 3. The maximum atomic E-state index is 13.1. The minimum atomic E-state index is -0.191. The largest absolute Gasteiger partial charge is 0.379 e. The Labute approximate surface area is 122 Å². The van der Waals surface area contributed by atoms with Gasteiger partial charge in [0.15, 0.2) is 0 Å². The van der Waals surface area contributed by atoms with Crippen molar-refractivity contribution in [3.8, 4) is 0 Å². The summed E-state index contributed by atoms with van der Waals surface area (Å²) in [6, 6.07) is 6.90. The normalized spacial score (nSPS) is 10.4. The predicted octanol–water partition coefficient (Wildman–Crippen LogP) is 4.67. The van der Waals surface area contributed by atoms with Crippen molar-refractivity contribution >= 4 is 37.5 Å². The first-order chi connectivity index (χ1) is 8.56. The molecule has 2 rings (SSSR count). The summed E-state index contributed by atoms with van der Waals surface area (Å²) in [6.07, 6.45) is 1.75. The summed E-state index contributed by atoms with van der Waals surface area (Å²) in [6.45, 7) is 2.33. The molecule has 1 aromatic heterocycles. The molecule has 0 spiro atoms. The molecule has 0 radical (unpaired) electrons. The van der Waals surface area contributed by atoms with Gasteiger partial charge in [-0.25, -0.2) is 4.39 Å². The Morgan fingerprint density at radius 1 is 1.28 bits per heavy atom. The third kappa shape index (κ3) is 3.29. The van der Waals surface area contributed by atoms with Crippen LogP contribution < -0.4 is 5.32 Å². The SMILES string of the molecule is Cc1cc(NCc2ncc(Br)cc2Br)ccc1F. The highest BCUT2D eigenvalue weighted by atomic mass is 79.9. The van der Waals surface area contributed by atoms with Crippen LogP contribution in [-0.4, -0.2) is 4.98 Å². The maximum Gasteiger partial charge on any atom is 0.126 e. The lowest BCUT2D eigenvalue weighted by Gasteiger charge is -2.08. The molecule has 0 bridgehead atoms. The summed E-state index contributed by atoms with van der Waals surface area (Å²) < 4.78 is 15.0. The molecule has 2 aromatic rings. The summed E-state index contributed by atoms with van der Waals surface area (Å²) in [7, 11) is 0. The lowest BCUT2D eigenvalue weighted by Crippen LogP contribution is -2.03. The second kappa shape index (κ2) is 5.80. The zero-order chi connectivity index (χ0) is 13.1. The molecule has 94 valence electrons. The van der Waals surface area contributed by atoms with Crippen LogP contribution in [0, 0.1) is 12.7 Å². The molecule has 0 fully saturated rings. The average molecular weight is 374 g/mol. The Kier molecular flexibility index (Phi) is 4.35. The zero-order valence-corrected chi connectivity index (χ0v) is 12.8. The van der Waals surface area contributed by atoms with Crippen molar-refractivity contribution in [3.05, 3.63) is 56.5 Å². The van der Waals surface area contributed by atoms with E-state index < -0.39 is 0 Å². The molecule has 0 aliphatic heterocycles. The third-order valence-corrected chi connectivity index (χ3v) is 3.62. The predicted molar refractivity (Wildman–Crippen MR) is 78.1 cm³/mol. The number of pyridine rings is 1. The number of hydrogen-bond acceptors (Lipinski definition) is 2. The fraction of sp³-hybridized carbons (Fsp3) is 0.154. The van der Waals surface area contributed by atoms with Gasteiger partial charge in [0.1, 0.15) is 5.82 Å². The van der Waals surface area contributed by atoms with Gasteiger partial charge in [-0.1, -0.05) is 0 Å². The molecule has 0 saturated carbocycles. The van der Waals surface area contributed by atoms with Crippen LogP contribution in [0.15, 0.2) is 39.4 Å². The van der Waals surface area contributed by atoms with Gasteiger partial charge in [0.25, 0.3) is 0 Å². The van der Waals surface area contributed by atoms with Crippen LogP contribution in [0.5, 0.6) is 0 Å². The highest BCUT2D eigenvalue weighted by Gasteiger charge is 2.03. The van der Waals surface area contributed by atoms with Crippen LogP contribution in [0.2, 0.25) is 0 Å². The van der Waals surface area contributed by atoms with E-state index >= 15 is 0 Å². The van der Waals surface area contributed by atoms with Crippen molar-refractivity contribution in [2.75, 3.05) is 5.32 Å². The fourth-order valence-corrected chi connectivity index (χ4v) is 2.64. The summed E-state index contributed by atoms with van der Waals surface area (Å²) in [5.41, 5.74) is 2.41. The van der Waals surface area contributed by atoms with Gasteiger partial charge in [-0.15, -0.1) is 0 Å². The number of anilines is 1. The number of benzene rings is 1. The van der Waals surface area contributed by atoms with Crippen molar-refractivity contribution in [2.24, 2.45) is 0 Å². The molecule has 2 nitrogen and oxygen atoms in total. The van der Waals surface area contributed by atoms with E-state index in [1.807, 2.05) is 6.07 Å². The Morgan fingerprint density at radius 3 is 2.72 bits per heavy atom. The lowest BCUT2D eigenvalue weighted by atomic mass is 10.2. The quantitative estimate of drug-likeness (QED) is 0.845. The number of nitrogens with one attached hydrogen (secondary N) is 1. The second-order valence-electron chi connectivity index (χ2n) is 3.90. The van der Waals surface area contributed by atoms with Crippen LogP contribution in [0.25, 0.3) is 0 Å². The van der Waals surface area contributed by atoms with Gasteiger partial charge in [0.05, 0.1) is 12.2 Å². The highest BCUT2D eigenvalue weighted by Crippen LogP contribution is 2.21. The minimum Gasteiger partial charge on any atom is -0.379 e. The van der Waals surface area contributed by atoms with E-state index in [9.17, 15) is 4.39 Å². The van der Waals surface area contributed by atoms with Gasteiger partial charge in [0.2, 0.25) is 0 Å². The summed E-state index contributed by atoms with van der Waals surface area (Å²) in [5.74, 6) is -0.191. The topological polar surface area (TPSA) is 24.9 Å². The highest BCUT2D eigenvalue weighted by molar-refractivity contribution is 9.11. The molecule has 1 N–H and O–H groups in total. The van der Waals surface area contributed by atoms with E-state index in [1.54, 1.807) is 25.3 Å². The van der Waals surface area contributed by atoms with Gasteiger partial charge < -0.3 is 5.32 Å². The number of nitrogens with zero attached hydrogens (tertiary/aromatic N) is 1. The summed E-state index contributed by atoms with van der Waals surface area (Å²) in [5, 5.41) is 3.21. The molecule has 18 heavy (non-hydrogen) atoms.